The molecule has 0 amide bonds. The van der Waals surface area contributed by atoms with Gasteiger partial charge >= 0.3 is 5.69 Å². The number of nitro groups is 1. The van der Waals surface area contributed by atoms with E-state index in [-0.39, 0.29) is 24.6 Å². The van der Waals surface area contributed by atoms with Crippen LogP contribution in [0.1, 0.15) is 0 Å². The van der Waals surface area contributed by atoms with Crippen molar-refractivity contribution in [1.29, 1.82) is 0 Å². The zero-order chi connectivity index (χ0) is 15.4. The van der Waals surface area contributed by atoms with Gasteiger partial charge in [0.15, 0.2) is 11.6 Å². The molecule has 112 valence electrons. The highest BCUT2D eigenvalue weighted by Gasteiger charge is 2.13. The minimum atomic E-state index is -1.06. The summed E-state index contributed by atoms with van der Waals surface area (Å²) >= 11 is 0. The SMILES string of the molecule is O=[N+]([O-])c1cnn(CC(O)COc2ccc(F)cc2F)c1. The summed E-state index contributed by atoms with van der Waals surface area (Å²) in [4.78, 5) is 9.86. The summed E-state index contributed by atoms with van der Waals surface area (Å²) in [6.45, 7) is -0.327. The standard InChI is InChI=1S/C12H11F2N3O4/c13-8-1-2-12(11(14)3-8)21-7-10(18)6-16-5-9(4-15-16)17(19)20/h1-5,10,18H,6-7H2. The lowest BCUT2D eigenvalue weighted by Crippen LogP contribution is -2.24. The first kappa shape index (κ1) is 14.9. The molecule has 2 rings (SSSR count). The first-order chi connectivity index (χ1) is 9.95. The molecule has 0 aliphatic carbocycles. The summed E-state index contributed by atoms with van der Waals surface area (Å²) in [5.41, 5.74) is -0.201. The van der Waals surface area contributed by atoms with Gasteiger partial charge in [0.25, 0.3) is 0 Å². The van der Waals surface area contributed by atoms with E-state index in [2.05, 4.69) is 5.10 Å². The predicted octanol–water partition coefficient (Wildman–Crippen LogP) is 1.51. The van der Waals surface area contributed by atoms with Gasteiger partial charge in [0.05, 0.1) is 11.5 Å². The third kappa shape index (κ3) is 3.96. The molecule has 0 aliphatic heterocycles. The number of nitrogens with zero attached hydrogens (tertiary/aromatic N) is 3. The fourth-order valence-corrected chi connectivity index (χ4v) is 1.59. The fourth-order valence-electron chi connectivity index (χ4n) is 1.59. The average molecular weight is 299 g/mol. The van der Waals surface area contributed by atoms with E-state index in [1.807, 2.05) is 0 Å². The minimum absolute atomic E-state index is 0.0589. The quantitative estimate of drug-likeness (QED) is 0.645. The minimum Gasteiger partial charge on any atom is -0.488 e. The maximum atomic E-state index is 13.3. The van der Waals surface area contributed by atoms with Gasteiger partial charge in [-0.25, -0.2) is 8.78 Å². The maximum Gasteiger partial charge on any atom is 0.306 e. The molecular weight excluding hydrogens is 288 g/mol. The normalized spacial score (nSPS) is 12.1. The van der Waals surface area contributed by atoms with Crippen LogP contribution in [0.15, 0.2) is 30.6 Å². The van der Waals surface area contributed by atoms with Crippen molar-refractivity contribution in [1.82, 2.24) is 9.78 Å². The molecule has 7 nitrogen and oxygen atoms in total. The predicted molar refractivity (Wildman–Crippen MR) is 66.7 cm³/mol. The van der Waals surface area contributed by atoms with Gasteiger partial charge in [0.2, 0.25) is 0 Å². The van der Waals surface area contributed by atoms with Gasteiger partial charge in [-0.1, -0.05) is 0 Å². The Hall–Kier alpha value is -2.55. The third-order valence-corrected chi connectivity index (χ3v) is 2.55. The summed E-state index contributed by atoms with van der Waals surface area (Å²) in [6, 6.07) is 2.80. The molecule has 1 heterocycles. The van der Waals surface area contributed by atoms with Crippen molar-refractivity contribution in [2.75, 3.05) is 6.61 Å². The first-order valence-corrected chi connectivity index (χ1v) is 5.88. The molecule has 9 heteroatoms. The third-order valence-electron chi connectivity index (χ3n) is 2.55. The van der Waals surface area contributed by atoms with E-state index in [4.69, 9.17) is 4.74 Å². The molecule has 21 heavy (non-hydrogen) atoms. The molecule has 1 aromatic heterocycles. The highest BCUT2D eigenvalue weighted by atomic mass is 19.1. The lowest BCUT2D eigenvalue weighted by atomic mass is 10.3. The van der Waals surface area contributed by atoms with Crippen LogP contribution in [-0.4, -0.2) is 32.5 Å². The number of halogens is 2. The summed E-state index contributed by atoms with van der Waals surface area (Å²) in [6.07, 6.45) is 1.14. The largest absolute Gasteiger partial charge is 0.488 e. The van der Waals surface area contributed by atoms with Crippen LogP contribution in [0, 0.1) is 21.7 Å². The van der Waals surface area contributed by atoms with E-state index >= 15 is 0 Å². The van der Waals surface area contributed by atoms with Crippen molar-refractivity contribution in [3.63, 3.8) is 0 Å². The maximum absolute atomic E-state index is 13.3. The number of aromatic nitrogens is 2. The lowest BCUT2D eigenvalue weighted by Gasteiger charge is -2.12. The van der Waals surface area contributed by atoms with Crippen molar-refractivity contribution in [3.8, 4) is 5.75 Å². The van der Waals surface area contributed by atoms with Crippen LogP contribution in [0.5, 0.6) is 5.75 Å². The van der Waals surface area contributed by atoms with E-state index in [1.54, 1.807) is 0 Å². The van der Waals surface area contributed by atoms with Gasteiger partial charge in [-0.05, 0) is 12.1 Å². The zero-order valence-corrected chi connectivity index (χ0v) is 10.6. The van der Waals surface area contributed by atoms with Gasteiger partial charge in [0, 0.05) is 6.07 Å². The molecule has 0 saturated heterocycles. The van der Waals surface area contributed by atoms with Crippen LogP contribution < -0.4 is 4.74 Å². The average Bonchev–Trinajstić information content (AvgIpc) is 2.86. The molecule has 0 aliphatic rings. The van der Waals surface area contributed by atoms with Crippen LogP contribution in [-0.2, 0) is 6.54 Å². The van der Waals surface area contributed by atoms with Crippen molar-refractivity contribution in [2.45, 2.75) is 12.6 Å². The van der Waals surface area contributed by atoms with Gasteiger partial charge in [-0.2, -0.15) is 5.10 Å². The van der Waals surface area contributed by atoms with Gasteiger partial charge in [-0.15, -0.1) is 0 Å². The molecule has 1 N–H and O–H groups in total. The van der Waals surface area contributed by atoms with Crippen molar-refractivity contribution in [2.24, 2.45) is 0 Å². The van der Waals surface area contributed by atoms with Crippen molar-refractivity contribution < 1.29 is 23.5 Å². The number of rotatable bonds is 6. The summed E-state index contributed by atoms with van der Waals surface area (Å²) in [7, 11) is 0. The number of benzene rings is 1. The number of ether oxygens (including phenoxy) is 1. The van der Waals surface area contributed by atoms with E-state index < -0.39 is 22.7 Å². The van der Waals surface area contributed by atoms with E-state index in [0.717, 1.165) is 24.5 Å². The lowest BCUT2D eigenvalue weighted by molar-refractivity contribution is -0.385. The van der Waals surface area contributed by atoms with Crippen LogP contribution in [0.3, 0.4) is 0 Å². The van der Waals surface area contributed by atoms with E-state index in [1.165, 1.54) is 4.68 Å². The summed E-state index contributed by atoms with van der Waals surface area (Å²) < 4.78 is 32.2. The Morgan fingerprint density at radius 2 is 2.24 bits per heavy atom. The van der Waals surface area contributed by atoms with Crippen molar-refractivity contribution >= 4 is 5.69 Å². The number of hydrogen-bond acceptors (Lipinski definition) is 5. The second kappa shape index (κ2) is 6.27. The monoisotopic (exact) mass is 299 g/mol. The van der Waals surface area contributed by atoms with E-state index in [9.17, 15) is 24.0 Å². The first-order valence-electron chi connectivity index (χ1n) is 5.88. The highest BCUT2D eigenvalue weighted by molar-refractivity contribution is 5.24. The highest BCUT2D eigenvalue weighted by Crippen LogP contribution is 2.18. The Labute approximate surface area is 117 Å². The molecule has 0 spiro atoms. The molecule has 0 radical (unpaired) electrons. The second-order valence-corrected chi connectivity index (χ2v) is 4.22. The Balaban J connectivity index is 1.89. The number of aliphatic hydroxyl groups is 1. The molecule has 1 atom stereocenters. The molecule has 1 unspecified atom stereocenters. The summed E-state index contributed by atoms with van der Waals surface area (Å²) in [5, 5.41) is 23.9. The molecule has 2 aromatic rings. The molecule has 1 aromatic carbocycles. The second-order valence-electron chi connectivity index (χ2n) is 4.22. The smallest absolute Gasteiger partial charge is 0.306 e. The summed E-state index contributed by atoms with van der Waals surface area (Å²) in [5.74, 6) is -1.80. The van der Waals surface area contributed by atoms with Crippen molar-refractivity contribution in [3.05, 3.63) is 52.3 Å². The zero-order valence-electron chi connectivity index (χ0n) is 10.6. The van der Waals surface area contributed by atoms with Crippen LogP contribution in [0.25, 0.3) is 0 Å². The van der Waals surface area contributed by atoms with Gasteiger partial charge in [-0.3, -0.25) is 14.8 Å². The molecule has 0 bridgehead atoms. The topological polar surface area (TPSA) is 90.4 Å². The number of hydrogen-bond donors (Lipinski definition) is 1. The van der Waals surface area contributed by atoms with Crippen LogP contribution in [0.4, 0.5) is 14.5 Å². The Morgan fingerprint density at radius 1 is 1.48 bits per heavy atom. The van der Waals surface area contributed by atoms with Crippen LogP contribution >= 0.6 is 0 Å². The van der Waals surface area contributed by atoms with Crippen LogP contribution in [0.2, 0.25) is 0 Å². The Bertz CT molecular complexity index is 647. The Kier molecular flexibility index (Phi) is 4.43. The Morgan fingerprint density at radius 3 is 2.86 bits per heavy atom. The number of aliphatic hydroxyl groups excluding tert-OH is 1. The van der Waals surface area contributed by atoms with E-state index in [0.29, 0.717) is 6.07 Å². The fraction of sp³-hybridized carbons (Fsp3) is 0.250. The molecule has 0 fully saturated rings. The van der Waals surface area contributed by atoms with Gasteiger partial charge in [0.1, 0.15) is 30.9 Å². The van der Waals surface area contributed by atoms with Gasteiger partial charge < -0.3 is 9.84 Å². The molecule has 0 saturated carbocycles. The molecular formula is C12H11F2N3O4.